The van der Waals surface area contributed by atoms with Gasteiger partial charge in [0, 0.05) is 20.0 Å². The van der Waals surface area contributed by atoms with Crippen LogP contribution in [-0.2, 0) is 17.7 Å². The Kier molecular flexibility index (Phi) is 6.83. The molecule has 1 N–H and O–H groups in total. The first kappa shape index (κ1) is 17.7. The van der Waals surface area contributed by atoms with E-state index in [1.54, 1.807) is 7.05 Å². The number of ether oxygens (including phenoxy) is 1. The smallest absolute Gasteiger partial charge is 0.317 e. The third-order valence-corrected chi connectivity index (χ3v) is 4.29. The molecule has 0 aliphatic heterocycles. The van der Waals surface area contributed by atoms with E-state index in [1.807, 2.05) is 6.92 Å². The molecular weight excluding hydrogens is 296 g/mol. The van der Waals surface area contributed by atoms with Crippen LogP contribution in [-0.4, -0.2) is 47.4 Å². The van der Waals surface area contributed by atoms with E-state index in [0.717, 1.165) is 12.8 Å². The van der Waals surface area contributed by atoms with Crippen molar-refractivity contribution in [1.82, 2.24) is 20.4 Å². The molecule has 2 rings (SSSR count). The first-order chi connectivity index (χ1) is 11.1. The molecule has 0 unspecified atom stereocenters. The van der Waals surface area contributed by atoms with Crippen LogP contribution in [0.2, 0.25) is 0 Å². The summed E-state index contributed by atoms with van der Waals surface area (Å²) >= 11 is 0. The zero-order chi connectivity index (χ0) is 16.7. The van der Waals surface area contributed by atoms with Gasteiger partial charge < -0.3 is 19.5 Å². The van der Waals surface area contributed by atoms with Gasteiger partial charge in [-0.1, -0.05) is 31.8 Å². The Balaban J connectivity index is 1.63. The normalized spacial score (nSPS) is 21.2. The van der Waals surface area contributed by atoms with Crippen LogP contribution in [0.1, 0.15) is 51.2 Å². The molecular formula is C16H28N4O3. The Labute approximate surface area is 137 Å². The molecule has 130 valence electrons. The molecule has 23 heavy (non-hydrogen) atoms. The fourth-order valence-corrected chi connectivity index (χ4v) is 2.81. The van der Waals surface area contributed by atoms with Gasteiger partial charge in [-0.2, -0.15) is 4.98 Å². The third kappa shape index (κ3) is 5.49. The lowest BCUT2D eigenvalue weighted by Gasteiger charge is -2.28. The van der Waals surface area contributed by atoms with E-state index < -0.39 is 0 Å². The number of amides is 2. The molecule has 2 atom stereocenters. The van der Waals surface area contributed by atoms with E-state index in [4.69, 9.17) is 9.26 Å². The standard InChI is InChI=1S/C16H28N4O3/c1-4-14-18-15(23-19-14)11-20(3)16(21)17-9-10-22-13-8-6-5-7-12(13)2/h12-13H,4-11H2,1-3H3,(H,17,21)/t12-,13-/m0/s1. The topological polar surface area (TPSA) is 80.5 Å². The second kappa shape index (κ2) is 8.86. The number of rotatable bonds is 7. The SMILES string of the molecule is CCc1noc(CN(C)C(=O)NCCO[C@H]2CCCC[C@@H]2C)n1. The Hall–Kier alpha value is -1.63. The molecule has 1 aliphatic carbocycles. The summed E-state index contributed by atoms with van der Waals surface area (Å²) in [5, 5.41) is 6.67. The van der Waals surface area contributed by atoms with E-state index >= 15 is 0 Å². The number of carbonyl (C=O) groups excluding carboxylic acids is 1. The molecule has 7 nitrogen and oxygen atoms in total. The van der Waals surface area contributed by atoms with Gasteiger partial charge in [0.1, 0.15) is 6.54 Å². The Bertz CT molecular complexity index is 491. The molecule has 0 bridgehead atoms. The van der Waals surface area contributed by atoms with Crippen molar-refractivity contribution in [2.75, 3.05) is 20.2 Å². The van der Waals surface area contributed by atoms with Crippen molar-refractivity contribution in [3.63, 3.8) is 0 Å². The van der Waals surface area contributed by atoms with Crippen LogP contribution in [0.15, 0.2) is 4.52 Å². The molecule has 1 aromatic heterocycles. The Morgan fingerprint density at radius 2 is 2.22 bits per heavy atom. The summed E-state index contributed by atoms with van der Waals surface area (Å²) in [5.41, 5.74) is 0. The molecule has 1 aliphatic rings. The highest BCUT2D eigenvalue weighted by molar-refractivity contribution is 5.73. The quantitative estimate of drug-likeness (QED) is 0.779. The van der Waals surface area contributed by atoms with Crippen molar-refractivity contribution < 1.29 is 14.1 Å². The number of nitrogens with one attached hydrogen (secondary N) is 1. The zero-order valence-electron chi connectivity index (χ0n) is 14.4. The second-order valence-electron chi connectivity index (χ2n) is 6.22. The predicted octanol–water partition coefficient (Wildman–Crippen LogP) is 2.37. The van der Waals surface area contributed by atoms with Gasteiger partial charge in [-0.15, -0.1) is 0 Å². The van der Waals surface area contributed by atoms with Crippen LogP contribution >= 0.6 is 0 Å². The maximum absolute atomic E-state index is 12.0. The largest absolute Gasteiger partial charge is 0.376 e. The summed E-state index contributed by atoms with van der Waals surface area (Å²) in [5.74, 6) is 1.73. The van der Waals surface area contributed by atoms with Gasteiger partial charge in [0.2, 0.25) is 5.89 Å². The highest BCUT2D eigenvalue weighted by Crippen LogP contribution is 2.25. The molecule has 0 spiro atoms. The molecule has 0 aromatic carbocycles. The third-order valence-electron chi connectivity index (χ3n) is 4.29. The first-order valence-corrected chi connectivity index (χ1v) is 8.52. The minimum absolute atomic E-state index is 0.165. The van der Waals surface area contributed by atoms with Gasteiger partial charge in [-0.05, 0) is 18.8 Å². The number of carbonyl (C=O) groups is 1. The van der Waals surface area contributed by atoms with E-state index in [9.17, 15) is 4.79 Å². The molecule has 0 saturated heterocycles. The molecule has 1 heterocycles. The van der Waals surface area contributed by atoms with Crippen LogP contribution in [0.5, 0.6) is 0 Å². The number of hydrogen-bond donors (Lipinski definition) is 1. The van der Waals surface area contributed by atoms with Crippen LogP contribution in [0.25, 0.3) is 0 Å². The monoisotopic (exact) mass is 324 g/mol. The second-order valence-corrected chi connectivity index (χ2v) is 6.22. The Morgan fingerprint density at radius 3 is 2.91 bits per heavy atom. The van der Waals surface area contributed by atoms with Crippen molar-refractivity contribution in [2.45, 2.75) is 58.6 Å². The number of hydrogen-bond acceptors (Lipinski definition) is 5. The Morgan fingerprint density at radius 1 is 1.43 bits per heavy atom. The summed E-state index contributed by atoms with van der Waals surface area (Å²) in [6.45, 7) is 5.56. The van der Waals surface area contributed by atoms with Crippen LogP contribution in [0, 0.1) is 5.92 Å². The summed E-state index contributed by atoms with van der Waals surface area (Å²) in [6, 6.07) is -0.165. The van der Waals surface area contributed by atoms with Gasteiger partial charge in [0.05, 0.1) is 12.7 Å². The maximum Gasteiger partial charge on any atom is 0.317 e. The molecule has 0 radical (unpaired) electrons. The average molecular weight is 324 g/mol. The zero-order valence-corrected chi connectivity index (χ0v) is 14.4. The average Bonchev–Trinajstić information content (AvgIpc) is 3.00. The van der Waals surface area contributed by atoms with Crippen molar-refractivity contribution in [3.8, 4) is 0 Å². The van der Waals surface area contributed by atoms with Gasteiger partial charge in [0.25, 0.3) is 0 Å². The van der Waals surface area contributed by atoms with Crippen molar-refractivity contribution in [3.05, 3.63) is 11.7 Å². The lowest BCUT2D eigenvalue weighted by atomic mass is 9.88. The van der Waals surface area contributed by atoms with Gasteiger partial charge >= 0.3 is 6.03 Å². The highest BCUT2D eigenvalue weighted by atomic mass is 16.5. The van der Waals surface area contributed by atoms with E-state index in [-0.39, 0.29) is 6.03 Å². The van der Waals surface area contributed by atoms with Crippen LogP contribution in [0.3, 0.4) is 0 Å². The minimum atomic E-state index is -0.165. The van der Waals surface area contributed by atoms with Gasteiger partial charge in [0.15, 0.2) is 5.82 Å². The number of aromatic nitrogens is 2. The van der Waals surface area contributed by atoms with Crippen molar-refractivity contribution in [1.29, 1.82) is 0 Å². The molecule has 1 aromatic rings. The first-order valence-electron chi connectivity index (χ1n) is 8.52. The van der Waals surface area contributed by atoms with E-state index in [0.29, 0.717) is 43.4 Å². The minimum Gasteiger partial charge on any atom is -0.376 e. The lowest BCUT2D eigenvalue weighted by molar-refractivity contribution is -0.00268. The van der Waals surface area contributed by atoms with Crippen molar-refractivity contribution >= 4 is 6.03 Å². The van der Waals surface area contributed by atoms with Crippen LogP contribution < -0.4 is 5.32 Å². The maximum atomic E-state index is 12.0. The lowest BCUT2D eigenvalue weighted by Crippen LogP contribution is -2.39. The fraction of sp³-hybridized carbons (Fsp3) is 0.812. The molecule has 1 saturated carbocycles. The van der Waals surface area contributed by atoms with E-state index in [2.05, 4.69) is 22.4 Å². The van der Waals surface area contributed by atoms with Crippen LogP contribution in [0.4, 0.5) is 4.79 Å². The summed E-state index contributed by atoms with van der Waals surface area (Å²) < 4.78 is 11.0. The van der Waals surface area contributed by atoms with Crippen molar-refractivity contribution in [2.24, 2.45) is 5.92 Å². The predicted molar refractivity (Wildman–Crippen MR) is 85.9 cm³/mol. The summed E-state index contributed by atoms with van der Waals surface area (Å²) in [7, 11) is 1.70. The fourth-order valence-electron chi connectivity index (χ4n) is 2.81. The van der Waals surface area contributed by atoms with E-state index in [1.165, 1.54) is 24.2 Å². The molecule has 7 heteroatoms. The number of aryl methyl sites for hydroxylation is 1. The molecule has 2 amide bonds. The van der Waals surface area contributed by atoms with Gasteiger partial charge in [-0.25, -0.2) is 4.79 Å². The summed E-state index contributed by atoms with van der Waals surface area (Å²) in [6.07, 6.45) is 5.97. The number of urea groups is 1. The molecule has 1 fully saturated rings. The highest BCUT2D eigenvalue weighted by Gasteiger charge is 2.21. The van der Waals surface area contributed by atoms with Gasteiger partial charge in [-0.3, -0.25) is 0 Å². The number of nitrogens with zero attached hydrogens (tertiary/aromatic N) is 3. The summed E-state index contributed by atoms with van der Waals surface area (Å²) in [4.78, 5) is 17.7.